The highest BCUT2D eigenvalue weighted by Gasteiger charge is 2.35. The molecule has 4 nitrogen and oxygen atoms in total. The molecule has 1 aromatic carbocycles. The lowest BCUT2D eigenvalue weighted by molar-refractivity contribution is 0.0669. The largest absolute Gasteiger partial charge is 0.387 e. The zero-order chi connectivity index (χ0) is 15.1. The molecule has 0 fully saturated rings. The van der Waals surface area contributed by atoms with Crippen molar-refractivity contribution in [2.45, 2.75) is 25.0 Å². The van der Waals surface area contributed by atoms with E-state index in [0.717, 1.165) is 31.5 Å². The molecule has 0 spiro atoms. The predicted molar refractivity (Wildman–Crippen MR) is 86.3 cm³/mol. The number of hydrogen-bond donors (Lipinski definition) is 1. The second kappa shape index (κ2) is 5.38. The van der Waals surface area contributed by atoms with Crippen molar-refractivity contribution in [3.8, 4) is 0 Å². The third kappa shape index (κ3) is 2.19. The van der Waals surface area contributed by atoms with Crippen molar-refractivity contribution < 1.29 is 5.11 Å². The van der Waals surface area contributed by atoms with Crippen LogP contribution in [-0.4, -0.2) is 38.9 Å². The standard InChI is InChI=1S/C18H21N3O/c1-20-16(6-9-19-20)13-7-10-21(11-8-13)17-12-14-4-2-3-5-15(14)18(17)22/h2-7,9,17-18,22H,8,10-12H2,1H3. The molecule has 0 saturated heterocycles. The summed E-state index contributed by atoms with van der Waals surface area (Å²) in [4.78, 5) is 2.41. The summed E-state index contributed by atoms with van der Waals surface area (Å²) in [5.74, 6) is 0. The van der Waals surface area contributed by atoms with Gasteiger partial charge >= 0.3 is 0 Å². The number of fused-ring (bicyclic) bond motifs is 1. The molecule has 0 radical (unpaired) electrons. The predicted octanol–water partition coefficient (Wildman–Crippen LogP) is 2.17. The first kappa shape index (κ1) is 13.7. The summed E-state index contributed by atoms with van der Waals surface area (Å²) in [6.07, 6.45) is 5.74. The lowest BCUT2D eigenvalue weighted by Crippen LogP contribution is -2.41. The summed E-state index contributed by atoms with van der Waals surface area (Å²) in [5, 5.41) is 14.9. The van der Waals surface area contributed by atoms with Crippen LogP contribution in [0.15, 0.2) is 42.6 Å². The maximum atomic E-state index is 10.6. The summed E-state index contributed by atoms with van der Waals surface area (Å²) in [7, 11) is 1.99. The van der Waals surface area contributed by atoms with Gasteiger partial charge in [-0.3, -0.25) is 9.58 Å². The van der Waals surface area contributed by atoms with Gasteiger partial charge < -0.3 is 5.11 Å². The van der Waals surface area contributed by atoms with Gasteiger partial charge in [0.05, 0.1) is 11.8 Å². The highest BCUT2D eigenvalue weighted by Crippen LogP contribution is 2.35. The second-order valence-electron chi connectivity index (χ2n) is 6.23. The van der Waals surface area contributed by atoms with Crippen LogP contribution in [0.2, 0.25) is 0 Å². The number of hydrogen-bond acceptors (Lipinski definition) is 3. The van der Waals surface area contributed by atoms with E-state index < -0.39 is 0 Å². The van der Waals surface area contributed by atoms with E-state index in [0.29, 0.717) is 0 Å². The van der Waals surface area contributed by atoms with E-state index in [1.165, 1.54) is 16.8 Å². The van der Waals surface area contributed by atoms with Crippen molar-refractivity contribution in [2.24, 2.45) is 7.05 Å². The lowest BCUT2D eigenvalue weighted by atomic mass is 10.0. The van der Waals surface area contributed by atoms with Gasteiger partial charge in [-0.25, -0.2) is 0 Å². The molecule has 114 valence electrons. The van der Waals surface area contributed by atoms with E-state index >= 15 is 0 Å². The van der Waals surface area contributed by atoms with Crippen LogP contribution in [0.3, 0.4) is 0 Å². The van der Waals surface area contributed by atoms with Crippen molar-refractivity contribution in [2.75, 3.05) is 13.1 Å². The van der Waals surface area contributed by atoms with Gasteiger partial charge in [0.15, 0.2) is 0 Å². The first-order valence-corrected chi connectivity index (χ1v) is 7.91. The SMILES string of the molecule is Cn1nccc1C1=CCN(C2Cc3ccccc3C2O)CC1. The molecule has 1 aliphatic heterocycles. The molecule has 2 atom stereocenters. The normalized spacial score (nSPS) is 25.1. The van der Waals surface area contributed by atoms with Crippen molar-refractivity contribution in [1.29, 1.82) is 0 Å². The zero-order valence-corrected chi connectivity index (χ0v) is 12.8. The highest BCUT2D eigenvalue weighted by molar-refractivity contribution is 5.63. The van der Waals surface area contributed by atoms with Crippen LogP contribution in [0.5, 0.6) is 0 Å². The topological polar surface area (TPSA) is 41.3 Å². The third-order valence-corrected chi connectivity index (χ3v) is 5.03. The quantitative estimate of drug-likeness (QED) is 0.923. The Labute approximate surface area is 130 Å². The molecule has 1 aromatic heterocycles. The third-order valence-electron chi connectivity index (χ3n) is 5.03. The molecular formula is C18H21N3O. The summed E-state index contributed by atoms with van der Waals surface area (Å²) in [6, 6.07) is 10.6. The van der Waals surface area contributed by atoms with Crippen LogP contribution >= 0.6 is 0 Å². The Kier molecular flexibility index (Phi) is 3.36. The average molecular weight is 295 g/mol. The first-order valence-electron chi connectivity index (χ1n) is 7.91. The molecule has 2 unspecified atom stereocenters. The maximum Gasteiger partial charge on any atom is 0.0951 e. The fourth-order valence-electron chi connectivity index (χ4n) is 3.79. The Morgan fingerprint density at radius 3 is 2.77 bits per heavy atom. The average Bonchev–Trinajstić information content (AvgIpc) is 3.12. The van der Waals surface area contributed by atoms with Gasteiger partial charge in [0.1, 0.15) is 0 Å². The number of rotatable bonds is 2. The summed E-state index contributed by atoms with van der Waals surface area (Å²) >= 11 is 0. The van der Waals surface area contributed by atoms with Gasteiger partial charge in [-0.05, 0) is 35.6 Å². The Bertz CT molecular complexity index is 719. The van der Waals surface area contributed by atoms with Crippen LogP contribution in [0.25, 0.3) is 5.57 Å². The molecule has 1 aliphatic carbocycles. The molecule has 0 saturated carbocycles. The van der Waals surface area contributed by atoms with Crippen LogP contribution < -0.4 is 0 Å². The highest BCUT2D eigenvalue weighted by atomic mass is 16.3. The zero-order valence-electron chi connectivity index (χ0n) is 12.8. The smallest absolute Gasteiger partial charge is 0.0951 e. The molecular weight excluding hydrogens is 274 g/mol. The minimum absolute atomic E-state index is 0.210. The molecule has 0 amide bonds. The fraction of sp³-hybridized carbons (Fsp3) is 0.389. The number of aromatic nitrogens is 2. The Balaban J connectivity index is 1.51. The van der Waals surface area contributed by atoms with E-state index in [9.17, 15) is 5.11 Å². The van der Waals surface area contributed by atoms with Crippen LogP contribution in [-0.2, 0) is 13.5 Å². The van der Waals surface area contributed by atoms with Crippen LogP contribution in [0, 0.1) is 0 Å². The van der Waals surface area contributed by atoms with Gasteiger partial charge in [0, 0.05) is 32.4 Å². The number of benzene rings is 1. The van der Waals surface area contributed by atoms with Crippen molar-refractivity contribution >= 4 is 5.57 Å². The van der Waals surface area contributed by atoms with Crippen molar-refractivity contribution in [1.82, 2.24) is 14.7 Å². The van der Waals surface area contributed by atoms with Gasteiger partial charge in [-0.15, -0.1) is 0 Å². The van der Waals surface area contributed by atoms with Gasteiger partial charge in [0.2, 0.25) is 0 Å². The van der Waals surface area contributed by atoms with Crippen LogP contribution in [0.1, 0.15) is 29.3 Å². The van der Waals surface area contributed by atoms with Crippen LogP contribution in [0.4, 0.5) is 0 Å². The molecule has 1 N–H and O–H groups in total. The first-order chi connectivity index (χ1) is 10.7. The molecule has 0 bridgehead atoms. The Morgan fingerprint density at radius 1 is 1.23 bits per heavy atom. The Morgan fingerprint density at radius 2 is 2.09 bits per heavy atom. The summed E-state index contributed by atoms with van der Waals surface area (Å²) in [5.41, 5.74) is 4.96. The van der Waals surface area contributed by atoms with Crippen molar-refractivity contribution in [3.63, 3.8) is 0 Å². The van der Waals surface area contributed by atoms with Gasteiger partial charge in [0.25, 0.3) is 0 Å². The summed E-state index contributed by atoms with van der Waals surface area (Å²) in [6.45, 7) is 1.89. The minimum Gasteiger partial charge on any atom is -0.387 e. The van der Waals surface area contributed by atoms with E-state index in [1.807, 2.05) is 24.0 Å². The van der Waals surface area contributed by atoms with E-state index in [2.05, 4.69) is 40.3 Å². The molecule has 4 heteroatoms. The second-order valence-corrected chi connectivity index (χ2v) is 6.23. The Hall–Kier alpha value is -1.91. The number of nitrogens with zero attached hydrogens (tertiary/aromatic N) is 3. The molecule has 2 heterocycles. The van der Waals surface area contributed by atoms with Crippen molar-refractivity contribution in [3.05, 3.63) is 59.4 Å². The minimum atomic E-state index is -0.358. The monoisotopic (exact) mass is 295 g/mol. The number of aliphatic hydroxyl groups is 1. The van der Waals surface area contributed by atoms with E-state index in [1.54, 1.807) is 0 Å². The van der Waals surface area contributed by atoms with E-state index in [-0.39, 0.29) is 12.1 Å². The molecule has 2 aliphatic rings. The fourth-order valence-corrected chi connectivity index (χ4v) is 3.79. The lowest BCUT2D eigenvalue weighted by Gasteiger charge is -2.33. The molecule has 22 heavy (non-hydrogen) atoms. The molecule has 2 aromatic rings. The number of aliphatic hydroxyl groups excluding tert-OH is 1. The maximum absolute atomic E-state index is 10.6. The molecule has 4 rings (SSSR count). The summed E-state index contributed by atoms with van der Waals surface area (Å²) < 4.78 is 1.93. The van der Waals surface area contributed by atoms with E-state index in [4.69, 9.17) is 0 Å². The van der Waals surface area contributed by atoms with Gasteiger partial charge in [-0.2, -0.15) is 5.10 Å². The van der Waals surface area contributed by atoms with Gasteiger partial charge in [-0.1, -0.05) is 30.3 Å². The number of aryl methyl sites for hydroxylation is 1.